The summed E-state index contributed by atoms with van der Waals surface area (Å²) in [6.07, 6.45) is 3.92. The number of hydrogen-bond acceptors (Lipinski definition) is 9. The van der Waals surface area contributed by atoms with Gasteiger partial charge in [-0.15, -0.1) is 0 Å². The molecule has 16 heteroatoms. The fourth-order valence-corrected chi connectivity index (χ4v) is 5.83. The van der Waals surface area contributed by atoms with Gasteiger partial charge in [-0.1, -0.05) is 11.6 Å². The average Bonchev–Trinajstić information content (AvgIpc) is 3.58. The second kappa shape index (κ2) is 11.2. The third-order valence-corrected chi connectivity index (χ3v) is 8.31. The molecule has 0 bridgehead atoms. The Morgan fingerprint density at radius 2 is 1.95 bits per heavy atom. The van der Waals surface area contributed by atoms with Crippen molar-refractivity contribution in [2.45, 2.75) is 18.7 Å². The number of primary amides is 1. The van der Waals surface area contributed by atoms with E-state index in [0.29, 0.717) is 31.2 Å². The number of amides is 2. The van der Waals surface area contributed by atoms with E-state index in [1.54, 1.807) is 6.07 Å². The van der Waals surface area contributed by atoms with Gasteiger partial charge in [0.25, 0.3) is 11.5 Å². The van der Waals surface area contributed by atoms with E-state index in [1.807, 2.05) is 0 Å². The number of benzene rings is 1. The van der Waals surface area contributed by atoms with Gasteiger partial charge < -0.3 is 34.9 Å². The highest BCUT2D eigenvalue weighted by atomic mass is 35.5. The Bertz CT molecular complexity index is 1900. The van der Waals surface area contributed by atoms with Gasteiger partial charge in [-0.2, -0.15) is 4.39 Å². The molecule has 230 valence electrons. The van der Waals surface area contributed by atoms with E-state index in [1.165, 1.54) is 30.3 Å². The number of halogens is 3. The molecular weight excluding hydrogens is 602 g/mol. The minimum atomic E-state index is -1.71. The lowest BCUT2D eigenvalue weighted by Gasteiger charge is -2.33. The average molecular weight is 629 g/mol. The summed E-state index contributed by atoms with van der Waals surface area (Å²) in [7, 11) is 3.46. The number of hydrogen-bond donors (Lipinski definition) is 3. The molecular formula is C28H27ClF2N8O5. The van der Waals surface area contributed by atoms with Gasteiger partial charge in [0.2, 0.25) is 11.7 Å². The third-order valence-electron chi connectivity index (χ3n) is 8.01. The first kappa shape index (κ1) is 29.5. The maximum atomic E-state index is 15.1. The zero-order valence-electron chi connectivity index (χ0n) is 23.6. The van der Waals surface area contributed by atoms with Crippen LogP contribution in [0.1, 0.15) is 10.4 Å². The van der Waals surface area contributed by atoms with Crippen LogP contribution in [0.25, 0.3) is 22.2 Å². The second-order valence-corrected chi connectivity index (χ2v) is 11.2. The first-order valence-corrected chi connectivity index (χ1v) is 13.9. The number of morpholine rings is 1. The number of nitrogens with two attached hydrogens (primary N) is 1. The monoisotopic (exact) mass is 628 g/mol. The number of aromatic nitrogens is 4. The van der Waals surface area contributed by atoms with Crippen molar-refractivity contribution < 1.29 is 28.2 Å². The van der Waals surface area contributed by atoms with Crippen molar-refractivity contribution in [2.75, 3.05) is 43.5 Å². The van der Waals surface area contributed by atoms with Gasteiger partial charge in [-0.05, 0) is 13.1 Å². The van der Waals surface area contributed by atoms with Crippen molar-refractivity contribution in [3.05, 3.63) is 63.4 Å². The quantitative estimate of drug-likeness (QED) is 0.289. The molecule has 2 amide bonds. The van der Waals surface area contributed by atoms with Crippen LogP contribution in [0.5, 0.6) is 5.75 Å². The molecule has 2 aliphatic rings. The zero-order chi connectivity index (χ0) is 31.4. The van der Waals surface area contributed by atoms with Crippen molar-refractivity contribution in [3.63, 3.8) is 0 Å². The zero-order valence-corrected chi connectivity index (χ0v) is 24.3. The number of aryl methyl sites for hydroxylation is 1. The molecule has 13 nitrogen and oxygen atoms in total. The molecule has 0 aliphatic carbocycles. The molecule has 0 saturated carbocycles. The number of nitrogens with zero attached hydrogens (tertiary/aromatic N) is 6. The van der Waals surface area contributed by atoms with Crippen LogP contribution in [0.2, 0.25) is 5.02 Å². The summed E-state index contributed by atoms with van der Waals surface area (Å²) < 4.78 is 38.0. The Hall–Kier alpha value is -4.60. The van der Waals surface area contributed by atoms with E-state index in [-0.39, 0.29) is 33.8 Å². The van der Waals surface area contributed by atoms with Crippen molar-refractivity contribution in [3.8, 4) is 16.9 Å². The number of aromatic hydroxyl groups is 1. The van der Waals surface area contributed by atoms with Gasteiger partial charge in [0.15, 0.2) is 11.6 Å². The lowest BCUT2D eigenvalue weighted by atomic mass is 10.0. The summed E-state index contributed by atoms with van der Waals surface area (Å²) in [5.74, 6) is -5.66. The Balaban J connectivity index is 1.32. The van der Waals surface area contributed by atoms with Gasteiger partial charge in [-0.25, -0.2) is 14.4 Å². The number of nitrogens with one attached hydrogen (secondary N) is 1. The van der Waals surface area contributed by atoms with Crippen molar-refractivity contribution in [2.24, 2.45) is 12.8 Å². The standard InChI is InChI=1S/C28H27ClF2N8O5/c1-36-3-4-44-19-10-38(9-18(19)36)20-6-17(16(29)7-33-20)35-21(40)11-39-8-15(22-27(39)34-12-37(2)28(22)43)13-5-14(26(32)42)25(41)24(31)23(13)30/h5-8,12,18-19,41H,3-4,9-11H2,1-2H3,(H2,32,42)(H,33,35,40). The van der Waals surface area contributed by atoms with Crippen LogP contribution < -0.4 is 21.5 Å². The molecule has 2 fully saturated rings. The number of rotatable bonds is 6. The lowest BCUT2D eigenvalue weighted by molar-refractivity contribution is -0.116. The highest BCUT2D eigenvalue weighted by molar-refractivity contribution is 6.33. The largest absolute Gasteiger partial charge is 0.504 e. The highest BCUT2D eigenvalue weighted by Gasteiger charge is 2.39. The van der Waals surface area contributed by atoms with Gasteiger partial charge in [0.05, 0.1) is 52.9 Å². The number of fused-ring (bicyclic) bond motifs is 2. The van der Waals surface area contributed by atoms with E-state index >= 15 is 4.39 Å². The minimum Gasteiger partial charge on any atom is -0.504 e. The Morgan fingerprint density at radius 1 is 1.18 bits per heavy atom. The first-order chi connectivity index (χ1) is 20.9. The second-order valence-electron chi connectivity index (χ2n) is 10.8. The summed E-state index contributed by atoms with van der Waals surface area (Å²) in [6, 6.07) is 2.71. The summed E-state index contributed by atoms with van der Waals surface area (Å²) in [5, 5.41) is 12.7. The molecule has 2 atom stereocenters. The van der Waals surface area contributed by atoms with Crippen LogP contribution in [0.4, 0.5) is 20.3 Å². The fourth-order valence-electron chi connectivity index (χ4n) is 5.68. The van der Waals surface area contributed by atoms with Crippen LogP contribution in [0, 0.1) is 11.6 Å². The van der Waals surface area contributed by atoms with Gasteiger partial charge >= 0.3 is 0 Å². The van der Waals surface area contributed by atoms with Gasteiger partial charge in [0.1, 0.15) is 18.0 Å². The van der Waals surface area contributed by atoms with Crippen LogP contribution in [0.3, 0.4) is 0 Å². The smallest absolute Gasteiger partial charge is 0.263 e. The number of ether oxygens (including phenoxy) is 1. The molecule has 3 aromatic heterocycles. The summed E-state index contributed by atoms with van der Waals surface area (Å²) >= 11 is 6.37. The van der Waals surface area contributed by atoms with Crippen LogP contribution in [-0.4, -0.2) is 86.4 Å². The minimum absolute atomic E-state index is 0.00272. The summed E-state index contributed by atoms with van der Waals surface area (Å²) in [6.45, 7) is 2.40. The van der Waals surface area contributed by atoms with Crippen LogP contribution >= 0.6 is 11.6 Å². The molecule has 2 aliphatic heterocycles. The SMILES string of the molecule is CN1CCOC2CN(c3cc(NC(=O)Cn4cc(-c5cc(C(N)=O)c(O)c(F)c5F)c5c(=O)n(C)cnc54)c(Cl)cn3)CC21. The Kier molecular flexibility index (Phi) is 7.47. The van der Waals surface area contributed by atoms with Gasteiger partial charge in [0, 0.05) is 50.1 Å². The molecule has 44 heavy (non-hydrogen) atoms. The summed E-state index contributed by atoms with van der Waals surface area (Å²) in [5.41, 5.74) is 3.54. The molecule has 0 radical (unpaired) electrons. The highest BCUT2D eigenvalue weighted by Crippen LogP contribution is 2.36. The molecule has 5 heterocycles. The number of phenols is 1. The van der Waals surface area contributed by atoms with Crippen molar-refractivity contribution >= 4 is 46.0 Å². The normalized spacial score (nSPS) is 18.5. The van der Waals surface area contributed by atoms with E-state index in [4.69, 9.17) is 22.1 Å². The lowest BCUT2D eigenvalue weighted by Crippen LogP contribution is -2.48. The molecule has 6 rings (SSSR count). The predicted molar refractivity (Wildman–Crippen MR) is 157 cm³/mol. The predicted octanol–water partition coefficient (Wildman–Crippen LogP) is 1.69. The fraction of sp³-hybridized carbons (Fsp3) is 0.321. The number of carbonyl (C=O) groups is 2. The summed E-state index contributed by atoms with van der Waals surface area (Å²) in [4.78, 5) is 51.2. The molecule has 4 N–H and O–H groups in total. The molecule has 2 unspecified atom stereocenters. The van der Waals surface area contributed by atoms with E-state index < -0.39 is 52.4 Å². The molecule has 0 spiro atoms. The van der Waals surface area contributed by atoms with E-state index in [2.05, 4.69) is 32.1 Å². The topological polar surface area (TPSA) is 161 Å². The third kappa shape index (κ3) is 5.02. The first-order valence-electron chi connectivity index (χ1n) is 13.5. The van der Waals surface area contributed by atoms with Crippen molar-refractivity contribution in [1.29, 1.82) is 0 Å². The molecule has 4 aromatic rings. The molecule has 2 saturated heterocycles. The number of anilines is 2. The van der Waals surface area contributed by atoms with E-state index in [9.17, 15) is 23.9 Å². The number of pyridine rings is 1. The van der Waals surface area contributed by atoms with Gasteiger partial charge in [-0.3, -0.25) is 19.3 Å². The number of likely N-dealkylation sites (N-methyl/N-ethyl adjacent to an activating group) is 1. The van der Waals surface area contributed by atoms with Crippen molar-refractivity contribution in [1.82, 2.24) is 24.0 Å². The number of carbonyl (C=O) groups excluding carboxylic acids is 2. The molecule has 1 aromatic carbocycles. The van der Waals surface area contributed by atoms with Crippen LogP contribution in [-0.2, 0) is 23.1 Å². The Morgan fingerprint density at radius 3 is 2.68 bits per heavy atom. The maximum Gasteiger partial charge on any atom is 0.263 e. The maximum absolute atomic E-state index is 15.1. The Labute approximate surface area is 253 Å². The van der Waals surface area contributed by atoms with E-state index in [0.717, 1.165) is 17.2 Å². The van der Waals surface area contributed by atoms with Crippen LogP contribution in [0.15, 0.2) is 35.6 Å².